The minimum Gasteiger partial charge on any atom is -0.338 e. The maximum absolute atomic E-state index is 13.6. The molecule has 4 heteroatoms. The van der Waals surface area contributed by atoms with Crippen LogP contribution in [0.1, 0.15) is 32.4 Å². The summed E-state index contributed by atoms with van der Waals surface area (Å²) in [4.78, 5) is 13.6. The molecule has 1 amide bonds. The van der Waals surface area contributed by atoms with Crippen LogP contribution in [0, 0.1) is 5.82 Å². The molecule has 0 aliphatic rings. The first-order valence-electron chi connectivity index (χ1n) is 5.45. The molecule has 0 saturated heterocycles. The highest BCUT2D eigenvalue weighted by Crippen LogP contribution is 2.26. The van der Waals surface area contributed by atoms with Crippen molar-refractivity contribution in [1.82, 2.24) is 4.90 Å². The van der Waals surface area contributed by atoms with Crippen molar-refractivity contribution < 1.29 is 9.18 Å². The lowest BCUT2D eigenvalue weighted by Crippen LogP contribution is -2.40. The topological polar surface area (TPSA) is 20.3 Å². The zero-order chi connectivity index (χ0) is 13.2. The van der Waals surface area contributed by atoms with Crippen LogP contribution < -0.4 is 0 Å². The first-order valence-corrected chi connectivity index (χ1v) is 6.25. The molecule has 1 rings (SSSR count). The molecule has 1 aromatic rings. The van der Waals surface area contributed by atoms with Crippen molar-refractivity contribution >= 4 is 21.8 Å². The van der Waals surface area contributed by atoms with Crippen molar-refractivity contribution in [3.63, 3.8) is 0 Å². The molecule has 17 heavy (non-hydrogen) atoms. The van der Waals surface area contributed by atoms with Gasteiger partial charge in [-0.25, -0.2) is 4.39 Å². The lowest BCUT2D eigenvalue weighted by Gasteiger charge is -2.30. The van der Waals surface area contributed by atoms with Gasteiger partial charge >= 0.3 is 0 Å². The van der Waals surface area contributed by atoms with Crippen molar-refractivity contribution in [3.05, 3.63) is 35.6 Å². The van der Waals surface area contributed by atoms with E-state index in [1.54, 1.807) is 44.0 Å². The maximum atomic E-state index is 13.6. The van der Waals surface area contributed by atoms with E-state index < -0.39 is 4.32 Å². The van der Waals surface area contributed by atoms with Gasteiger partial charge in [0.05, 0.1) is 10.4 Å². The Morgan fingerprint density at radius 1 is 1.41 bits per heavy atom. The van der Waals surface area contributed by atoms with Crippen molar-refractivity contribution in [2.75, 3.05) is 7.05 Å². The average Bonchev–Trinajstić information content (AvgIpc) is 2.25. The molecule has 1 aromatic carbocycles. The summed E-state index contributed by atoms with van der Waals surface area (Å²) in [5.41, 5.74) is 0.528. The molecule has 0 radical (unpaired) electrons. The second-order valence-corrected chi connectivity index (χ2v) is 6.57. The molecule has 0 aromatic heterocycles. The molecular weight excluding hydrogens is 285 g/mol. The highest BCUT2D eigenvalue weighted by Gasteiger charge is 2.30. The fourth-order valence-electron chi connectivity index (χ4n) is 1.62. The number of benzene rings is 1. The third kappa shape index (κ3) is 3.28. The number of carbonyl (C=O) groups is 1. The molecule has 0 aliphatic carbocycles. The van der Waals surface area contributed by atoms with E-state index in [1.807, 2.05) is 6.92 Å². The minimum atomic E-state index is -0.638. The lowest BCUT2D eigenvalue weighted by molar-refractivity contribution is -0.133. The fourth-order valence-corrected chi connectivity index (χ4v) is 1.90. The van der Waals surface area contributed by atoms with Gasteiger partial charge in [-0.05, 0) is 26.8 Å². The van der Waals surface area contributed by atoms with Gasteiger partial charge in [-0.1, -0.05) is 34.1 Å². The van der Waals surface area contributed by atoms with Crippen LogP contribution in [0.5, 0.6) is 0 Å². The van der Waals surface area contributed by atoms with Gasteiger partial charge in [-0.15, -0.1) is 0 Å². The predicted octanol–water partition coefficient (Wildman–Crippen LogP) is 3.52. The molecule has 0 aliphatic heterocycles. The zero-order valence-corrected chi connectivity index (χ0v) is 12.1. The van der Waals surface area contributed by atoms with Crippen molar-refractivity contribution in [2.45, 2.75) is 31.1 Å². The predicted molar refractivity (Wildman–Crippen MR) is 70.6 cm³/mol. The molecule has 1 unspecified atom stereocenters. The van der Waals surface area contributed by atoms with E-state index in [0.717, 1.165) is 0 Å². The maximum Gasteiger partial charge on any atom is 0.239 e. The molecule has 0 spiro atoms. The van der Waals surface area contributed by atoms with Gasteiger partial charge in [0.1, 0.15) is 5.82 Å². The standard InChI is InChI=1S/C13H17BrFNO/c1-9(10-7-5-6-8-11(10)15)16(4)12(17)13(2,3)14/h5-9H,1-4H3. The van der Waals surface area contributed by atoms with E-state index in [4.69, 9.17) is 0 Å². The van der Waals surface area contributed by atoms with Crippen LogP contribution in [0.4, 0.5) is 4.39 Å². The molecular formula is C13H17BrFNO. The van der Waals surface area contributed by atoms with E-state index in [0.29, 0.717) is 5.56 Å². The summed E-state index contributed by atoms with van der Waals surface area (Å²) in [7, 11) is 1.68. The van der Waals surface area contributed by atoms with E-state index in [9.17, 15) is 9.18 Å². The summed E-state index contributed by atoms with van der Waals surface area (Å²) in [6.45, 7) is 5.37. The van der Waals surface area contributed by atoms with E-state index in [1.165, 1.54) is 6.07 Å². The van der Waals surface area contributed by atoms with E-state index in [2.05, 4.69) is 15.9 Å². The molecule has 0 saturated carbocycles. The Labute approximate surface area is 110 Å². The van der Waals surface area contributed by atoms with E-state index in [-0.39, 0.29) is 17.8 Å². The summed E-state index contributed by atoms with van der Waals surface area (Å²) in [6.07, 6.45) is 0. The van der Waals surface area contributed by atoms with Crippen LogP contribution in [0.25, 0.3) is 0 Å². The quantitative estimate of drug-likeness (QED) is 0.782. The van der Waals surface area contributed by atoms with Crippen molar-refractivity contribution in [2.24, 2.45) is 0 Å². The molecule has 0 heterocycles. The van der Waals surface area contributed by atoms with Crippen LogP contribution >= 0.6 is 15.9 Å². The Balaban J connectivity index is 2.95. The van der Waals surface area contributed by atoms with Gasteiger partial charge in [0.2, 0.25) is 5.91 Å². The summed E-state index contributed by atoms with van der Waals surface area (Å²) in [5.74, 6) is -0.361. The van der Waals surface area contributed by atoms with Crippen LogP contribution in [-0.4, -0.2) is 22.2 Å². The lowest BCUT2D eigenvalue weighted by atomic mass is 10.0. The van der Waals surface area contributed by atoms with Crippen LogP contribution in [0.2, 0.25) is 0 Å². The minimum absolute atomic E-state index is 0.0757. The SMILES string of the molecule is CC(c1ccccc1F)N(C)C(=O)C(C)(C)Br. The summed E-state index contributed by atoms with van der Waals surface area (Å²) in [6, 6.07) is 6.23. The summed E-state index contributed by atoms with van der Waals surface area (Å²) in [5, 5.41) is 0. The monoisotopic (exact) mass is 301 g/mol. The Kier molecular flexibility index (Phi) is 4.31. The van der Waals surface area contributed by atoms with Gasteiger partial charge in [0, 0.05) is 12.6 Å². The number of carbonyl (C=O) groups excluding carboxylic acids is 1. The first-order chi connectivity index (χ1) is 7.75. The number of halogens is 2. The molecule has 94 valence electrons. The van der Waals surface area contributed by atoms with Crippen LogP contribution in [0.3, 0.4) is 0 Å². The highest BCUT2D eigenvalue weighted by atomic mass is 79.9. The number of hydrogen-bond donors (Lipinski definition) is 0. The number of nitrogens with zero attached hydrogens (tertiary/aromatic N) is 1. The number of hydrogen-bond acceptors (Lipinski definition) is 1. The Hall–Kier alpha value is -0.900. The third-order valence-corrected chi connectivity index (χ3v) is 3.10. The summed E-state index contributed by atoms with van der Waals surface area (Å²) >= 11 is 3.32. The molecule has 0 fully saturated rings. The second kappa shape index (κ2) is 5.17. The number of alkyl halides is 1. The van der Waals surface area contributed by atoms with Crippen molar-refractivity contribution in [3.8, 4) is 0 Å². The smallest absolute Gasteiger partial charge is 0.239 e. The molecule has 1 atom stereocenters. The summed E-state index contributed by atoms with van der Waals surface area (Å²) < 4.78 is 13.0. The van der Waals surface area contributed by atoms with Gasteiger partial charge in [0.25, 0.3) is 0 Å². The number of amides is 1. The van der Waals surface area contributed by atoms with Gasteiger partial charge in [0.15, 0.2) is 0 Å². The molecule has 0 N–H and O–H groups in total. The normalized spacial score (nSPS) is 13.3. The third-order valence-electron chi connectivity index (χ3n) is 2.77. The highest BCUT2D eigenvalue weighted by molar-refractivity contribution is 9.10. The van der Waals surface area contributed by atoms with Gasteiger partial charge in [-0.3, -0.25) is 4.79 Å². The number of rotatable bonds is 3. The van der Waals surface area contributed by atoms with Crippen molar-refractivity contribution in [1.29, 1.82) is 0 Å². The van der Waals surface area contributed by atoms with E-state index >= 15 is 0 Å². The van der Waals surface area contributed by atoms with Gasteiger partial charge in [-0.2, -0.15) is 0 Å². The second-order valence-electron chi connectivity index (χ2n) is 4.59. The fraction of sp³-hybridized carbons (Fsp3) is 0.462. The zero-order valence-electron chi connectivity index (χ0n) is 10.5. The molecule has 2 nitrogen and oxygen atoms in total. The Bertz CT molecular complexity index is 414. The molecule has 0 bridgehead atoms. The Morgan fingerprint density at radius 2 is 1.94 bits per heavy atom. The van der Waals surface area contributed by atoms with Crippen LogP contribution in [-0.2, 0) is 4.79 Å². The Morgan fingerprint density at radius 3 is 2.41 bits per heavy atom. The first kappa shape index (κ1) is 14.2. The average molecular weight is 302 g/mol. The largest absolute Gasteiger partial charge is 0.338 e. The van der Waals surface area contributed by atoms with Crippen LogP contribution in [0.15, 0.2) is 24.3 Å². The van der Waals surface area contributed by atoms with Gasteiger partial charge < -0.3 is 4.90 Å².